The van der Waals surface area contributed by atoms with Crippen LogP contribution in [0.25, 0.3) is 0 Å². The fourth-order valence-corrected chi connectivity index (χ4v) is 3.48. The number of pyridine rings is 1. The first-order valence-electron chi connectivity index (χ1n) is 6.70. The Morgan fingerprint density at radius 2 is 2.06 bits per heavy atom. The van der Waals surface area contributed by atoms with E-state index < -0.39 is 0 Å². The zero-order valence-corrected chi connectivity index (χ0v) is 10.3. The molecular formula is C14H21N3. The highest BCUT2D eigenvalue weighted by atomic mass is 15.2. The normalized spacial score (nSPS) is 33.6. The molecule has 0 amide bonds. The van der Waals surface area contributed by atoms with Crippen LogP contribution >= 0.6 is 0 Å². The second kappa shape index (κ2) is 4.75. The second-order valence-electron chi connectivity index (χ2n) is 5.57. The number of nitrogens with zero attached hydrogens (tertiary/aromatic N) is 2. The van der Waals surface area contributed by atoms with Crippen molar-refractivity contribution in [2.75, 3.05) is 13.1 Å². The predicted octanol–water partition coefficient (Wildman–Crippen LogP) is 1.64. The van der Waals surface area contributed by atoms with Crippen molar-refractivity contribution < 1.29 is 0 Å². The molecular weight excluding hydrogens is 210 g/mol. The first kappa shape index (κ1) is 11.2. The lowest BCUT2D eigenvalue weighted by atomic mass is 9.78. The third-order valence-electron chi connectivity index (χ3n) is 4.39. The molecule has 3 heteroatoms. The molecule has 1 saturated carbocycles. The molecule has 1 aliphatic heterocycles. The van der Waals surface area contributed by atoms with E-state index in [9.17, 15) is 0 Å². The molecule has 1 aromatic heterocycles. The van der Waals surface area contributed by atoms with Gasteiger partial charge in [0.1, 0.15) is 0 Å². The third kappa shape index (κ3) is 2.35. The van der Waals surface area contributed by atoms with Crippen molar-refractivity contribution in [3.05, 3.63) is 30.1 Å². The Hall–Kier alpha value is -0.930. The summed E-state index contributed by atoms with van der Waals surface area (Å²) in [5.41, 5.74) is 7.61. The van der Waals surface area contributed by atoms with E-state index in [1.165, 1.54) is 37.9 Å². The molecule has 0 aromatic carbocycles. The van der Waals surface area contributed by atoms with Gasteiger partial charge in [0.05, 0.1) is 0 Å². The zero-order chi connectivity index (χ0) is 11.7. The summed E-state index contributed by atoms with van der Waals surface area (Å²) in [4.78, 5) is 6.63. The molecule has 17 heavy (non-hydrogen) atoms. The number of aromatic nitrogens is 1. The molecule has 1 saturated heterocycles. The molecule has 2 aliphatic rings. The summed E-state index contributed by atoms with van der Waals surface area (Å²) < 4.78 is 0. The Morgan fingerprint density at radius 1 is 1.24 bits per heavy atom. The number of fused-ring (bicyclic) bond motifs is 1. The number of likely N-dealkylation sites (tertiary alicyclic amines) is 1. The van der Waals surface area contributed by atoms with E-state index in [0.717, 1.165) is 18.4 Å². The van der Waals surface area contributed by atoms with Gasteiger partial charge in [0.2, 0.25) is 0 Å². The second-order valence-corrected chi connectivity index (χ2v) is 5.57. The fourth-order valence-electron chi connectivity index (χ4n) is 3.48. The van der Waals surface area contributed by atoms with Gasteiger partial charge in [0.25, 0.3) is 0 Å². The highest BCUT2D eigenvalue weighted by molar-refractivity contribution is 5.10. The van der Waals surface area contributed by atoms with Crippen molar-refractivity contribution in [3.8, 4) is 0 Å². The molecule has 3 nitrogen and oxygen atoms in total. The molecule has 0 bridgehead atoms. The monoisotopic (exact) mass is 231 g/mol. The van der Waals surface area contributed by atoms with E-state index in [2.05, 4.69) is 22.0 Å². The van der Waals surface area contributed by atoms with E-state index in [0.29, 0.717) is 6.04 Å². The lowest BCUT2D eigenvalue weighted by Gasteiger charge is -2.29. The zero-order valence-electron chi connectivity index (χ0n) is 10.3. The first-order chi connectivity index (χ1) is 8.33. The van der Waals surface area contributed by atoms with Gasteiger partial charge < -0.3 is 5.73 Å². The summed E-state index contributed by atoms with van der Waals surface area (Å²) in [7, 11) is 0. The Morgan fingerprint density at radius 3 is 2.82 bits per heavy atom. The Bertz CT molecular complexity index is 365. The predicted molar refractivity (Wildman–Crippen MR) is 68.3 cm³/mol. The van der Waals surface area contributed by atoms with Crippen LogP contribution in [0.1, 0.15) is 24.8 Å². The van der Waals surface area contributed by atoms with E-state index in [1.54, 1.807) is 0 Å². The minimum Gasteiger partial charge on any atom is -0.327 e. The van der Waals surface area contributed by atoms with E-state index >= 15 is 0 Å². The van der Waals surface area contributed by atoms with Crippen LogP contribution in [-0.4, -0.2) is 29.0 Å². The van der Waals surface area contributed by atoms with Crippen molar-refractivity contribution in [2.24, 2.45) is 17.6 Å². The van der Waals surface area contributed by atoms with Gasteiger partial charge in [-0.25, -0.2) is 0 Å². The molecule has 2 N–H and O–H groups in total. The molecule has 92 valence electrons. The van der Waals surface area contributed by atoms with Gasteiger partial charge in [-0.05, 0) is 42.4 Å². The van der Waals surface area contributed by atoms with Crippen molar-refractivity contribution >= 4 is 0 Å². The molecule has 0 radical (unpaired) electrons. The van der Waals surface area contributed by atoms with Crippen LogP contribution in [-0.2, 0) is 6.54 Å². The highest BCUT2D eigenvalue weighted by Crippen LogP contribution is 2.35. The van der Waals surface area contributed by atoms with Crippen LogP contribution in [0.4, 0.5) is 0 Å². The molecule has 3 rings (SSSR count). The van der Waals surface area contributed by atoms with E-state index in [4.69, 9.17) is 5.73 Å². The fraction of sp³-hybridized carbons (Fsp3) is 0.643. The van der Waals surface area contributed by atoms with Crippen LogP contribution in [0.5, 0.6) is 0 Å². The smallest absolute Gasteiger partial charge is 0.0271 e. The van der Waals surface area contributed by atoms with Gasteiger partial charge in [-0.3, -0.25) is 9.88 Å². The summed E-state index contributed by atoms with van der Waals surface area (Å²) in [5.74, 6) is 1.59. The number of hydrogen-bond acceptors (Lipinski definition) is 3. The van der Waals surface area contributed by atoms with Gasteiger partial charge in [0.15, 0.2) is 0 Å². The SMILES string of the molecule is NC1CCCC2CN(Cc3ccncc3)CC12. The van der Waals surface area contributed by atoms with Crippen LogP contribution in [0.2, 0.25) is 0 Å². The number of hydrogen-bond donors (Lipinski definition) is 1. The van der Waals surface area contributed by atoms with Gasteiger partial charge in [-0.15, -0.1) is 0 Å². The van der Waals surface area contributed by atoms with Crippen molar-refractivity contribution in [3.63, 3.8) is 0 Å². The summed E-state index contributed by atoms with van der Waals surface area (Å²) in [6.07, 6.45) is 7.69. The van der Waals surface area contributed by atoms with Crippen molar-refractivity contribution in [1.29, 1.82) is 0 Å². The van der Waals surface area contributed by atoms with Crippen molar-refractivity contribution in [2.45, 2.75) is 31.8 Å². The Balaban J connectivity index is 1.64. The van der Waals surface area contributed by atoms with Crippen LogP contribution in [0, 0.1) is 11.8 Å². The van der Waals surface area contributed by atoms with Crippen LogP contribution < -0.4 is 5.73 Å². The Kier molecular flexibility index (Phi) is 3.12. The first-order valence-corrected chi connectivity index (χ1v) is 6.70. The molecule has 3 unspecified atom stereocenters. The van der Waals surface area contributed by atoms with Gasteiger partial charge in [0, 0.05) is 38.1 Å². The number of nitrogens with two attached hydrogens (primary N) is 1. The molecule has 1 aromatic rings. The van der Waals surface area contributed by atoms with Crippen LogP contribution in [0.15, 0.2) is 24.5 Å². The highest BCUT2D eigenvalue weighted by Gasteiger charge is 2.38. The minimum atomic E-state index is 0.441. The van der Waals surface area contributed by atoms with Crippen LogP contribution in [0.3, 0.4) is 0 Å². The quantitative estimate of drug-likeness (QED) is 0.841. The topological polar surface area (TPSA) is 42.1 Å². The minimum absolute atomic E-state index is 0.441. The largest absolute Gasteiger partial charge is 0.327 e. The van der Waals surface area contributed by atoms with E-state index in [-0.39, 0.29) is 0 Å². The molecule has 2 heterocycles. The average molecular weight is 231 g/mol. The maximum Gasteiger partial charge on any atom is 0.0271 e. The van der Waals surface area contributed by atoms with Gasteiger partial charge >= 0.3 is 0 Å². The lowest BCUT2D eigenvalue weighted by Crippen LogP contribution is -2.38. The Labute approximate surface area is 103 Å². The maximum atomic E-state index is 6.24. The van der Waals surface area contributed by atoms with Gasteiger partial charge in [-0.2, -0.15) is 0 Å². The molecule has 1 aliphatic carbocycles. The van der Waals surface area contributed by atoms with Crippen molar-refractivity contribution in [1.82, 2.24) is 9.88 Å². The lowest BCUT2D eigenvalue weighted by molar-refractivity contribution is 0.259. The standard InChI is InChI=1S/C14H21N3/c15-14-3-1-2-12-9-17(10-13(12)14)8-11-4-6-16-7-5-11/h4-7,12-14H,1-3,8-10,15H2. The average Bonchev–Trinajstić information content (AvgIpc) is 2.74. The number of rotatable bonds is 2. The molecule has 2 fully saturated rings. The third-order valence-corrected chi connectivity index (χ3v) is 4.39. The summed E-state index contributed by atoms with van der Waals surface area (Å²) in [6, 6.07) is 4.67. The summed E-state index contributed by atoms with van der Waals surface area (Å²) in [5, 5.41) is 0. The van der Waals surface area contributed by atoms with E-state index in [1.807, 2.05) is 12.4 Å². The summed E-state index contributed by atoms with van der Waals surface area (Å²) in [6.45, 7) is 3.48. The van der Waals surface area contributed by atoms with Gasteiger partial charge in [-0.1, -0.05) is 6.42 Å². The summed E-state index contributed by atoms with van der Waals surface area (Å²) >= 11 is 0. The molecule has 0 spiro atoms. The molecule has 3 atom stereocenters. The maximum absolute atomic E-state index is 6.24.